The zero-order chi connectivity index (χ0) is 16.2. The molecule has 6 heteroatoms. The van der Waals surface area contributed by atoms with Crippen LogP contribution in [-0.4, -0.2) is 27.9 Å². The van der Waals surface area contributed by atoms with E-state index < -0.39 is 27.9 Å². The Balaban J connectivity index is 1.44. The summed E-state index contributed by atoms with van der Waals surface area (Å²) in [7, 11) is -4.40. The molecule has 3 aliphatic carbocycles. The predicted molar refractivity (Wildman–Crippen MR) is 105 cm³/mol. The van der Waals surface area contributed by atoms with Crippen molar-refractivity contribution in [3.8, 4) is 0 Å². The van der Waals surface area contributed by atoms with Crippen LogP contribution in [-0.2, 0) is 12.3 Å². The van der Waals surface area contributed by atoms with Crippen LogP contribution in [0.2, 0.25) is 16.6 Å². The monoisotopic (exact) mass is 384 g/mol. The highest BCUT2D eigenvalue weighted by Crippen LogP contribution is 2.42. The van der Waals surface area contributed by atoms with Gasteiger partial charge in [-0.1, -0.05) is 57.8 Å². The normalized spacial score (nSPS) is 38.2. The predicted octanol–water partition coefficient (Wildman–Crippen LogP) is 4.71. The molecular weight excluding hydrogens is 348 g/mol. The van der Waals surface area contributed by atoms with Gasteiger partial charge in [0.25, 0.3) is 0 Å². The maximum absolute atomic E-state index is 6.75. The molecular formula is C18H36O3Si3. The second-order valence-electron chi connectivity index (χ2n) is 8.71. The molecule has 1 aliphatic heterocycles. The van der Waals surface area contributed by atoms with Gasteiger partial charge < -0.3 is 12.3 Å². The maximum Gasteiger partial charge on any atom is 0.306 e. The van der Waals surface area contributed by atoms with E-state index in [4.69, 9.17) is 12.3 Å². The standard InChI is InChI=1S/C18H36O3Si3/c1-4-10-16(11-5-1)22-19-23(17-12-6-2-7-13-17)21-24(20-22)18-14-8-3-9-15-18/h16-18,22-24H,1-15H2. The van der Waals surface area contributed by atoms with Crippen molar-refractivity contribution in [1.82, 2.24) is 0 Å². The average molecular weight is 385 g/mol. The van der Waals surface area contributed by atoms with Gasteiger partial charge in [0, 0.05) is 0 Å². The quantitative estimate of drug-likeness (QED) is 0.659. The molecule has 0 atom stereocenters. The van der Waals surface area contributed by atoms with Crippen molar-refractivity contribution in [2.75, 3.05) is 0 Å². The first-order chi connectivity index (χ1) is 11.9. The van der Waals surface area contributed by atoms with Gasteiger partial charge >= 0.3 is 27.9 Å². The molecule has 0 bridgehead atoms. The third-order valence-electron chi connectivity index (χ3n) is 6.91. The van der Waals surface area contributed by atoms with Crippen LogP contribution in [0.4, 0.5) is 0 Å². The van der Waals surface area contributed by atoms with Crippen molar-refractivity contribution in [2.45, 2.75) is 113 Å². The van der Waals surface area contributed by atoms with Crippen molar-refractivity contribution in [1.29, 1.82) is 0 Å². The first kappa shape index (κ1) is 17.9. The SMILES string of the molecule is C1CCC([SiH]2O[SiH](C3CCCCC3)O[SiH](C3CCCCC3)O2)CC1. The van der Waals surface area contributed by atoms with Gasteiger partial charge in [-0.05, 0) is 55.1 Å². The lowest BCUT2D eigenvalue weighted by atomic mass is 10.0. The molecule has 4 fully saturated rings. The summed E-state index contributed by atoms with van der Waals surface area (Å²) in [5.74, 6) is 0. The molecule has 0 spiro atoms. The first-order valence-electron chi connectivity index (χ1n) is 10.9. The third kappa shape index (κ3) is 4.43. The van der Waals surface area contributed by atoms with Crippen LogP contribution in [0.5, 0.6) is 0 Å². The van der Waals surface area contributed by atoms with Crippen LogP contribution in [0.15, 0.2) is 0 Å². The van der Waals surface area contributed by atoms with Crippen LogP contribution in [0.25, 0.3) is 0 Å². The summed E-state index contributed by atoms with van der Waals surface area (Å²) in [6, 6.07) is 0. The molecule has 0 aromatic rings. The summed E-state index contributed by atoms with van der Waals surface area (Å²) in [5, 5.41) is 0. The van der Waals surface area contributed by atoms with Crippen molar-refractivity contribution in [3.05, 3.63) is 0 Å². The minimum atomic E-state index is -1.47. The lowest BCUT2D eigenvalue weighted by Crippen LogP contribution is -2.54. The molecule has 138 valence electrons. The van der Waals surface area contributed by atoms with Crippen molar-refractivity contribution in [3.63, 3.8) is 0 Å². The molecule has 1 heterocycles. The zero-order valence-electron chi connectivity index (χ0n) is 15.3. The van der Waals surface area contributed by atoms with E-state index in [2.05, 4.69) is 0 Å². The smallest absolute Gasteiger partial charge is 0.306 e. The van der Waals surface area contributed by atoms with E-state index in [1.54, 1.807) is 0 Å². The van der Waals surface area contributed by atoms with Gasteiger partial charge in [0.1, 0.15) is 0 Å². The molecule has 0 aromatic carbocycles. The fraction of sp³-hybridized carbons (Fsp3) is 1.00. The van der Waals surface area contributed by atoms with Gasteiger partial charge in [0.2, 0.25) is 0 Å². The Bertz CT molecular complexity index is 317. The average Bonchev–Trinajstić information content (AvgIpc) is 2.70. The lowest BCUT2D eigenvalue weighted by molar-refractivity contribution is 0.231. The van der Waals surface area contributed by atoms with E-state index >= 15 is 0 Å². The van der Waals surface area contributed by atoms with Crippen LogP contribution >= 0.6 is 0 Å². The first-order valence-corrected chi connectivity index (χ1v) is 15.7. The molecule has 4 rings (SSSR count). The molecule has 0 radical (unpaired) electrons. The Morgan fingerprint density at radius 1 is 0.375 bits per heavy atom. The van der Waals surface area contributed by atoms with Crippen LogP contribution in [0.3, 0.4) is 0 Å². The molecule has 0 unspecified atom stereocenters. The Labute approximate surface area is 153 Å². The van der Waals surface area contributed by atoms with Gasteiger partial charge in [-0.3, -0.25) is 0 Å². The summed E-state index contributed by atoms with van der Waals surface area (Å²) in [4.78, 5) is 0. The largest absolute Gasteiger partial charge is 0.420 e. The van der Waals surface area contributed by atoms with Crippen LogP contribution in [0, 0.1) is 0 Å². The van der Waals surface area contributed by atoms with Crippen LogP contribution in [0.1, 0.15) is 96.3 Å². The van der Waals surface area contributed by atoms with E-state index in [1.807, 2.05) is 0 Å². The zero-order valence-corrected chi connectivity index (χ0v) is 18.8. The molecule has 0 N–H and O–H groups in total. The summed E-state index contributed by atoms with van der Waals surface area (Å²) in [6.45, 7) is 0. The molecule has 4 aliphatic rings. The summed E-state index contributed by atoms with van der Waals surface area (Å²) < 4.78 is 20.3. The van der Waals surface area contributed by atoms with Gasteiger partial charge in [-0.15, -0.1) is 0 Å². The molecule has 3 nitrogen and oxygen atoms in total. The van der Waals surface area contributed by atoms with Crippen molar-refractivity contribution < 1.29 is 12.3 Å². The van der Waals surface area contributed by atoms with E-state index in [0.717, 1.165) is 16.6 Å². The molecule has 0 amide bonds. The lowest BCUT2D eigenvalue weighted by Gasteiger charge is -2.44. The van der Waals surface area contributed by atoms with Gasteiger partial charge in [-0.2, -0.15) is 0 Å². The van der Waals surface area contributed by atoms with Crippen LogP contribution < -0.4 is 0 Å². The number of rotatable bonds is 3. The topological polar surface area (TPSA) is 27.7 Å². The molecule has 3 saturated carbocycles. The highest BCUT2D eigenvalue weighted by Gasteiger charge is 2.45. The minimum Gasteiger partial charge on any atom is -0.420 e. The molecule has 1 saturated heterocycles. The Hall–Kier alpha value is 0.531. The molecule has 0 aromatic heterocycles. The van der Waals surface area contributed by atoms with Gasteiger partial charge in [0.15, 0.2) is 0 Å². The highest BCUT2D eigenvalue weighted by molar-refractivity contribution is 6.75. The summed E-state index contributed by atoms with van der Waals surface area (Å²) >= 11 is 0. The molecule has 24 heavy (non-hydrogen) atoms. The summed E-state index contributed by atoms with van der Waals surface area (Å²) in [5.41, 5.74) is 2.42. The fourth-order valence-corrected chi connectivity index (χ4v) is 19.4. The second-order valence-corrected chi connectivity index (χ2v) is 17.0. The number of hydrogen-bond donors (Lipinski definition) is 0. The van der Waals surface area contributed by atoms with E-state index in [9.17, 15) is 0 Å². The van der Waals surface area contributed by atoms with Crippen molar-refractivity contribution in [2.24, 2.45) is 0 Å². The maximum atomic E-state index is 6.75. The third-order valence-corrected chi connectivity index (χ3v) is 17.7. The second kappa shape index (κ2) is 8.95. The Morgan fingerprint density at radius 2 is 0.625 bits per heavy atom. The van der Waals surface area contributed by atoms with Crippen molar-refractivity contribution >= 4 is 27.9 Å². The van der Waals surface area contributed by atoms with E-state index in [1.165, 1.54) is 96.3 Å². The van der Waals surface area contributed by atoms with Gasteiger partial charge in [0.05, 0.1) is 0 Å². The minimum absolute atomic E-state index is 0.805. The number of hydrogen-bond acceptors (Lipinski definition) is 3. The Kier molecular flexibility index (Phi) is 6.68. The Morgan fingerprint density at radius 3 is 0.875 bits per heavy atom. The fourth-order valence-electron chi connectivity index (χ4n) is 5.38. The summed E-state index contributed by atoms with van der Waals surface area (Å²) in [6.07, 6.45) is 21.1. The van der Waals surface area contributed by atoms with Gasteiger partial charge in [-0.25, -0.2) is 0 Å². The van der Waals surface area contributed by atoms with E-state index in [-0.39, 0.29) is 0 Å². The van der Waals surface area contributed by atoms with E-state index in [0.29, 0.717) is 0 Å². The highest BCUT2D eigenvalue weighted by atomic mass is 28.5.